The van der Waals surface area contributed by atoms with Gasteiger partial charge in [-0.2, -0.15) is 0 Å². The number of fused-ring (bicyclic) bond motifs is 1. The minimum atomic E-state index is 0.187. The molecule has 0 radical (unpaired) electrons. The SMILES string of the molecule is CCN(C)C(=S)Cc1ccc(OC2Cc3ccccc3C2)nc1C. The van der Waals surface area contributed by atoms with E-state index < -0.39 is 0 Å². The van der Waals surface area contributed by atoms with Crippen molar-refractivity contribution in [3.63, 3.8) is 0 Å². The van der Waals surface area contributed by atoms with Gasteiger partial charge in [0.25, 0.3) is 0 Å². The van der Waals surface area contributed by atoms with Crippen LogP contribution in [-0.4, -0.2) is 34.6 Å². The number of rotatable bonds is 5. The molecule has 0 atom stereocenters. The number of hydrogen-bond donors (Lipinski definition) is 0. The maximum atomic E-state index is 6.11. The summed E-state index contributed by atoms with van der Waals surface area (Å²) >= 11 is 5.47. The van der Waals surface area contributed by atoms with Gasteiger partial charge in [-0.15, -0.1) is 0 Å². The van der Waals surface area contributed by atoms with E-state index in [0.717, 1.165) is 36.5 Å². The smallest absolute Gasteiger partial charge is 0.213 e. The van der Waals surface area contributed by atoms with Crippen LogP contribution < -0.4 is 4.74 Å². The monoisotopic (exact) mass is 340 g/mol. The molecular weight excluding hydrogens is 316 g/mol. The molecule has 1 aliphatic carbocycles. The Morgan fingerprint density at radius 3 is 2.46 bits per heavy atom. The highest BCUT2D eigenvalue weighted by molar-refractivity contribution is 7.80. The number of thiocarbonyl (C=S) groups is 1. The van der Waals surface area contributed by atoms with E-state index >= 15 is 0 Å². The Balaban J connectivity index is 1.64. The van der Waals surface area contributed by atoms with Crippen LogP contribution in [0.3, 0.4) is 0 Å². The summed E-state index contributed by atoms with van der Waals surface area (Å²) in [6, 6.07) is 12.6. The Morgan fingerprint density at radius 1 is 1.21 bits per heavy atom. The third-order valence-electron chi connectivity index (χ3n) is 4.71. The second kappa shape index (κ2) is 7.31. The number of benzene rings is 1. The van der Waals surface area contributed by atoms with Crippen LogP contribution in [0.25, 0.3) is 0 Å². The second-order valence-electron chi connectivity index (χ2n) is 6.40. The summed E-state index contributed by atoms with van der Waals surface area (Å²) < 4.78 is 6.11. The van der Waals surface area contributed by atoms with Crippen LogP contribution in [0.5, 0.6) is 5.88 Å². The highest BCUT2D eigenvalue weighted by Crippen LogP contribution is 2.25. The zero-order chi connectivity index (χ0) is 17.1. The normalized spacial score (nSPS) is 13.6. The molecule has 0 N–H and O–H groups in total. The van der Waals surface area contributed by atoms with Crippen LogP contribution in [0.1, 0.15) is 29.3 Å². The molecule has 0 bridgehead atoms. The van der Waals surface area contributed by atoms with Crippen molar-refractivity contribution in [1.82, 2.24) is 9.88 Å². The number of aryl methyl sites for hydroxylation is 1. The Labute approximate surface area is 149 Å². The quantitative estimate of drug-likeness (QED) is 0.774. The van der Waals surface area contributed by atoms with Crippen molar-refractivity contribution in [3.05, 3.63) is 58.8 Å². The van der Waals surface area contributed by atoms with E-state index in [4.69, 9.17) is 17.0 Å². The first-order valence-electron chi connectivity index (χ1n) is 8.50. The molecule has 0 saturated heterocycles. The van der Waals surface area contributed by atoms with Crippen molar-refractivity contribution >= 4 is 17.2 Å². The lowest BCUT2D eigenvalue weighted by molar-refractivity contribution is 0.205. The van der Waals surface area contributed by atoms with Crippen molar-refractivity contribution in [1.29, 1.82) is 0 Å². The summed E-state index contributed by atoms with van der Waals surface area (Å²) in [7, 11) is 2.03. The number of aromatic nitrogens is 1. The van der Waals surface area contributed by atoms with Gasteiger partial charge in [0.2, 0.25) is 5.88 Å². The zero-order valence-corrected chi connectivity index (χ0v) is 15.4. The number of likely N-dealkylation sites (N-methyl/N-ethyl adjacent to an activating group) is 1. The number of pyridine rings is 1. The van der Waals surface area contributed by atoms with E-state index in [9.17, 15) is 0 Å². The molecule has 2 aromatic rings. The lowest BCUT2D eigenvalue weighted by Crippen LogP contribution is -2.26. The van der Waals surface area contributed by atoms with E-state index in [2.05, 4.69) is 47.1 Å². The van der Waals surface area contributed by atoms with Crippen molar-refractivity contribution in [2.45, 2.75) is 39.2 Å². The molecule has 0 fully saturated rings. The van der Waals surface area contributed by atoms with Gasteiger partial charge in [-0.05, 0) is 30.5 Å². The Morgan fingerprint density at radius 2 is 1.88 bits per heavy atom. The van der Waals surface area contributed by atoms with Gasteiger partial charge in [0.1, 0.15) is 6.10 Å². The molecule has 126 valence electrons. The minimum absolute atomic E-state index is 0.187. The van der Waals surface area contributed by atoms with Gasteiger partial charge in [0.15, 0.2) is 0 Å². The highest BCUT2D eigenvalue weighted by atomic mass is 32.1. The van der Waals surface area contributed by atoms with Crippen molar-refractivity contribution < 1.29 is 4.74 Å². The fraction of sp³-hybridized carbons (Fsp3) is 0.400. The standard InChI is InChI=1S/C20H24N2OS/c1-4-22(3)20(24)13-15-9-10-19(21-14(15)2)23-18-11-16-7-5-6-8-17(16)12-18/h5-10,18H,4,11-13H2,1-3H3. The fourth-order valence-electron chi connectivity index (χ4n) is 3.07. The Bertz CT molecular complexity index is 719. The van der Waals surface area contributed by atoms with Gasteiger partial charge < -0.3 is 9.64 Å². The molecule has 1 aromatic heterocycles. The van der Waals surface area contributed by atoms with Crippen molar-refractivity contribution in [3.8, 4) is 5.88 Å². The summed E-state index contributed by atoms with van der Waals surface area (Å²) in [5, 5.41) is 0. The molecule has 24 heavy (non-hydrogen) atoms. The number of nitrogens with zero attached hydrogens (tertiary/aromatic N) is 2. The van der Waals surface area contributed by atoms with Crippen molar-refractivity contribution in [2.24, 2.45) is 0 Å². The summed E-state index contributed by atoms with van der Waals surface area (Å²) in [5.41, 5.74) is 4.95. The third-order valence-corrected chi connectivity index (χ3v) is 5.17. The number of ether oxygens (including phenoxy) is 1. The van der Waals surface area contributed by atoms with E-state index in [1.165, 1.54) is 16.7 Å². The molecule has 0 amide bonds. The van der Waals surface area contributed by atoms with E-state index in [1.54, 1.807) is 0 Å². The topological polar surface area (TPSA) is 25.4 Å². The van der Waals surface area contributed by atoms with Gasteiger partial charge in [-0.25, -0.2) is 4.98 Å². The summed E-state index contributed by atoms with van der Waals surface area (Å²) in [6.45, 7) is 5.06. The molecule has 1 aliphatic rings. The summed E-state index contributed by atoms with van der Waals surface area (Å²) in [6.07, 6.45) is 2.87. The lowest BCUT2D eigenvalue weighted by atomic mass is 10.1. The fourth-order valence-corrected chi connectivity index (χ4v) is 3.35. The van der Waals surface area contributed by atoms with Crippen LogP contribution in [0.2, 0.25) is 0 Å². The van der Waals surface area contributed by atoms with Crippen LogP contribution >= 0.6 is 12.2 Å². The molecule has 0 spiro atoms. The summed E-state index contributed by atoms with van der Waals surface area (Å²) in [4.78, 5) is 7.68. The molecule has 0 unspecified atom stereocenters. The first-order chi connectivity index (χ1) is 11.6. The molecule has 3 nitrogen and oxygen atoms in total. The highest BCUT2D eigenvalue weighted by Gasteiger charge is 2.23. The van der Waals surface area contributed by atoms with Gasteiger partial charge in [-0.1, -0.05) is 42.5 Å². The molecule has 0 aliphatic heterocycles. The van der Waals surface area contributed by atoms with E-state index in [-0.39, 0.29) is 6.10 Å². The van der Waals surface area contributed by atoms with Crippen LogP contribution in [0.15, 0.2) is 36.4 Å². The maximum Gasteiger partial charge on any atom is 0.213 e. The van der Waals surface area contributed by atoms with E-state index in [0.29, 0.717) is 5.88 Å². The van der Waals surface area contributed by atoms with Crippen LogP contribution in [0.4, 0.5) is 0 Å². The average Bonchev–Trinajstić information content (AvgIpc) is 2.98. The first-order valence-corrected chi connectivity index (χ1v) is 8.91. The third kappa shape index (κ3) is 3.75. The molecule has 4 heteroatoms. The van der Waals surface area contributed by atoms with Gasteiger partial charge in [-0.3, -0.25) is 0 Å². The lowest BCUT2D eigenvalue weighted by Gasteiger charge is -2.19. The summed E-state index contributed by atoms with van der Waals surface area (Å²) in [5.74, 6) is 0.712. The van der Waals surface area contributed by atoms with Gasteiger partial charge in [0, 0.05) is 44.6 Å². The predicted octanol–water partition coefficient (Wildman–Crippen LogP) is 3.76. The predicted molar refractivity (Wildman–Crippen MR) is 102 cm³/mol. The van der Waals surface area contributed by atoms with Crippen LogP contribution in [-0.2, 0) is 19.3 Å². The largest absolute Gasteiger partial charge is 0.474 e. The average molecular weight is 340 g/mol. The van der Waals surface area contributed by atoms with E-state index in [1.807, 2.05) is 20.0 Å². The zero-order valence-electron chi connectivity index (χ0n) is 14.6. The Kier molecular flexibility index (Phi) is 5.14. The minimum Gasteiger partial charge on any atom is -0.474 e. The molecule has 1 heterocycles. The van der Waals surface area contributed by atoms with Crippen molar-refractivity contribution in [2.75, 3.05) is 13.6 Å². The number of hydrogen-bond acceptors (Lipinski definition) is 3. The Hall–Kier alpha value is -1.94. The molecule has 0 saturated carbocycles. The second-order valence-corrected chi connectivity index (χ2v) is 6.87. The molecule has 1 aromatic carbocycles. The van der Waals surface area contributed by atoms with Crippen LogP contribution in [0, 0.1) is 6.92 Å². The maximum absolute atomic E-state index is 6.11. The first kappa shape index (κ1) is 16.9. The van der Waals surface area contributed by atoms with Gasteiger partial charge in [0.05, 0.1) is 4.99 Å². The molecule has 3 rings (SSSR count). The van der Waals surface area contributed by atoms with Gasteiger partial charge >= 0.3 is 0 Å². The molecular formula is C20H24N2OS.